The molecule has 0 bridgehead atoms. The Hall–Kier alpha value is -0.510. The maximum atomic E-state index is 12.3. The molecule has 2 rings (SSSR count). The summed E-state index contributed by atoms with van der Waals surface area (Å²) < 4.78 is 26.8. The fraction of sp³-hybridized carbons (Fsp3) is 0.588. The van der Waals surface area contributed by atoms with Gasteiger partial charge in [-0.3, -0.25) is 4.79 Å². The van der Waals surface area contributed by atoms with Crippen LogP contribution in [0.4, 0.5) is 0 Å². The normalized spacial score (nSPS) is 16.6. The summed E-state index contributed by atoms with van der Waals surface area (Å²) in [5.74, 6) is 1.47. The standard InChI is InChI=1S/C17H25Cl2N3O3S2/c1-21(2)27(24,25)22-8-5-14(6-9-22)17(23)20-7-10-26-12-13-3-4-15(18)16(19)11-13/h3-4,11,14H,5-10,12H2,1-2H3,(H,20,23). The average Bonchev–Trinajstić information content (AvgIpc) is 2.64. The SMILES string of the molecule is CN(C)S(=O)(=O)N1CCC(C(=O)NCCSCc2ccc(Cl)c(Cl)c2)CC1. The van der Waals surface area contributed by atoms with Crippen molar-refractivity contribution in [2.45, 2.75) is 18.6 Å². The lowest BCUT2D eigenvalue weighted by Crippen LogP contribution is -2.47. The number of nitrogens with one attached hydrogen (secondary N) is 1. The van der Waals surface area contributed by atoms with E-state index in [2.05, 4.69) is 5.32 Å². The van der Waals surface area contributed by atoms with Crippen LogP contribution in [0.25, 0.3) is 0 Å². The molecule has 1 aromatic carbocycles. The first-order valence-corrected chi connectivity index (χ1v) is 12.0. The second-order valence-corrected chi connectivity index (χ2v) is 10.6. The number of carbonyl (C=O) groups is 1. The van der Waals surface area contributed by atoms with Crippen molar-refractivity contribution in [3.63, 3.8) is 0 Å². The molecule has 0 atom stereocenters. The Kier molecular flexibility index (Phi) is 8.70. The largest absolute Gasteiger partial charge is 0.355 e. The molecule has 10 heteroatoms. The highest BCUT2D eigenvalue weighted by Gasteiger charge is 2.31. The molecule has 0 aromatic heterocycles. The monoisotopic (exact) mass is 453 g/mol. The fourth-order valence-corrected chi connectivity index (χ4v) is 5.05. The third kappa shape index (κ3) is 6.51. The van der Waals surface area contributed by atoms with Crippen LogP contribution in [0.15, 0.2) is 18.2 Å². The van der Waals surface area contributed by atoms with Crippen LogP contribution in [-0.2, 0) is 20.8 Å². The highest BCUT2D eigenvalue weighted by Crippen LogP contribution is 2.24. The van der Waals surface area contributed by atoms with Crippen LogP contribution in [0.1, 0.15) is 18.4 Å². The number of carbonyl (C=O) groups excluding carboxylic acids is 1. The van der Waals surface area contributed by atoms with E-state index in [1.54, 1.807) is 17.8 Å². The molecule has 0 saturated carbocycles. The average molecular weight is 454 g/mol. The summed E-state index contributed by atoms with van der Waals surface area (Å²) in [5, 5.41) is 4.04. The van der Waals surface area contributed by atoms with Crippen LogP contribution >= 0.6 is 35.0 Å². The van der Waals surface area contributed by atoms with Crippen molar-refractivity contribution in [2.75, 3.05) is 39.5 Å². The summed E-state index contributed by atoms with van der Waals surface area (Å²) >= 11 is 13.6. The van der Waals surface area contributed by atoms with Crippen molar-refractivity contribution >= 4 is 51.1 Å². The van der Waals surface area contributed by atoms with Gasteiger partial charge in [0.25, 0.3) is 10.2 Å². The van der Waals surface area contributed by atoms with Crippen LogP contribution in [0, 0.1) is 5.92 Å². The van der Waals surface area contributed by atoms with Crippen LogP contribution in [0.2, 0.25) is 10.0 Å². The minimum absolute atomic E-state index is 0.00652. The van der Waals surface area contributed by atoms with Crippen molar-refractivity contribution in [2.24, 2.45) is 5.92 Å². The molecule has 1 aliphatic rings. The number of hydrogen-bond donors (Lipinski definition) is 1. The molecule has 1 aliphatic heterocycles. The molecule has 0 aliphatic carbocycles. The molecule has 0 unspecified atom stereocenters. The van der Waals surface area contributed by atoms with E-state index in [4.69, 9.17) is 23.2 Å². The number of amides is 1. The van der Waals surface area contributed by atoms with Gasteiger partial charge in [-0.05, 0) is 30.5 Å². The zero-order valence-corrected chi connectivity index (χ0v) is 18.6. The number of rotatable bonds is 8. The van der Waals surface area contributed by atoms with Gasteiger partial charge in [0.15, 0.2) is 0 Å². The van der Waals surface area contributed by atoms with E-state index in [9.17, 15) is 13.2 Å². The van der Waals surface area contributed by atoms with Gasteiger partial charge < -0.3 is 5.32 Å². The topological polar surface area (TPSA) is 69.7 Å². The van der Waals surface area contributed by atoms with Gasteiger partial charge in [0.2, 0.25) is 5.91 Å². The third-order valence-electron chi connectivity index (χ3n) is 4.41. The predicted octanol–water partition coefficient (Wildman–Crippen LogP) is 2.86. The maximum Gasteiger partial charge on any atom is 0.281 e. The van der Waals surface area contributed by atoms with Crippen molar-refractivity contribution in [3.05, 3.63) is 33.8 Å². The first-order valence-electron chi connectivity index (χ1n) is 8.69. The molecule has 1 N–H and O–H groups in total. The molecule has 1 heterocycles. The third-order valence-corrected chi connectivity index (χ3v) is 8.12. The first kappa shape index (κ1) is 22.8. The Morgan fingerprint density at radius 1 is 1.26 bits per heavy atom. The van der Waals surface area contributed by atoms with E-state index >= 15 is 0 Å². The fourth-order valence-electron chi connectivity index (χ4n) is 2.79. The lowest BCUT2D eigenvalue weighted by atomic mass is 9.97. The maximum absolute atomic E-state index is 12.3. The summed E-state index contributed by atoms with van der Waals surface area (Å²) in [4.78, 5) is 12.3. The molecule has 1 saturated heterocycles. The molecular formula is C17H25Cl2N3O3S2. The quantitative estimate of drug-likeness (QED) is 0.614. The minimum Gasteiger partial charge on any atom is -0.355 e. The van der Waals surface area contributed by atoms with Gasteiger partial charge in [0, 0.05) is 51.2 Å². The van der Waals surface area contributed by atoms with Crippen LogP contribution < -0.4 is 5.32 Å². The highest BCUT2D eigenvalue weighted by molar-refractivity contribution is 7.98. The zero-order chi connectivity index (χ0) is 20.0. The van der Waals surface area contributed by atoms with E-state index in [1.807, 2.05) is 12.1 Å². The lowest BCUT2D eigenvalue weighted by molar-refractivity contribution is -0.125. The van der Waals surface area contributed by atoms with E-state index in [-0.39, 0.29) is 11.8 Å². The molecule has 1 amide bonds. The Bertz CT molecular complexity index is 752. The molecule has 6 nitrogen and oxygen atoms in total. The summed E-state index contributed by atoms with van der Waals surface area (Å²) in [6, 6.07) is 5.57. The van der Waals surface area contributed by atoms with Gasteiger partial charge in [-0.1, -0.05) is 29.3 Å². The summed E-state index contributed by atoms with van der Waals surface area (Å²) in [5.41, 5.74) is 1.09. The van der Waals surface area contributed by atoms with E-state index < -0.39 is 10.2 Å². The van der Waals surface area contributed by atoms with Crippen LogP contribution in [0.5, 0.6) is 0 Å². The Labute approximate surface area is 175 Å². The van der Waals surface area contributed by atoms with E-state index in [0.29, 0.717) is 42.5 Å². The van der Waals surface area contributed by atoms with Gasteiger partial charge in [-0.2, -0.15) is 28.8 Å². The predicted molar refractivity (Wildman–Crippen MR) is 113 cm³/mol. The van der Waals surface area contributed by atoms with Crippen LogP contribution in [-0.4, -0.2) is 62.4 Å². The van der Waals surface area contributed by atoms with Gasteiger partial charge in [0.1, 0.15) is 0 Å². The Morgan fingerprint density at radius 3 is 2.52 bits per heavy atom. The van der Waals surface area contributed by atoms with Gasteiger partial charge >= 0.3 is 0 Å². The van der Waals surface area contributed by atoms with Gasteiger partial charge in [-0.25, -0.2) is 0 Å². The summed E-state index contributed by atoms with van der Waals surface area (Å²) in [7, 11) is -0.356. The van der Waals surface area contributed by atoms with E-state index in [0.717, 1.165) is 17.1 Å². The van der Waals surface area contributed by atoms with Crippen LogP contribution in [0.3, 0.4) is 0 Å². The number of benzene rings is 1. The highest BCUT2D eigenvalue weighted by atomic mass is 35.5. The smallest absolute Gasteiger partial charge is 0.281 e. The number of piperidine rings is 1. The number of halogens is 2. The molecule has 1 fully saturated rings. The number of hydrogen-bond acceptors (Lipinski definition) is 4. The van der Waals surface area contributed by atoms with Crippen molar-refractivity contribution < 1.29 is 13.2 Å². The second-order valence-electron chi connectivity index (χ2n) is 6.56. The zero-order valence-electron chi connectivity index (χ0n) is 15.5. The Balaban J connectivity index is 1.66. The van der Waals surface area contributed by atoms with Gasteiger partial charge in [0.05, 0.1) is 10.0 Å². The van der Waals surface area contributed by atoms with Crippen molar-refractivity contribution in [1.29, 1.82) is 0 Å². The first-order chi connectivity index (χ1) is 12.7. The molecule has 1 aromatic rings. The lowest BCUT2D eigenvalue weighted by Gasteiger charge is -2.32. The molecule has 0 radical (unpaired) electrons. The number of thioether (sulfide) groups is 1. The van der Waals surface area contributed by atoms with Gasteiger partial charge in [-0.15, -0.1) is 0 Å². The van der Waals surface area contributed by atoms with Crippen molar-refractivity contribution in [3.8, 4) is 0 Å². The van der Waals surface area contributed by atoms with Crippen molar-refractivity contribution in [1.82, 2.24) is 13.9 Å². The molecular weight excluding hydrogens is 429 g/mol. The molecule has 152 valence electrons. The Morgan fingerprint density at radius 2 is 1.93 bits per heavy atom. The molecule has 0 spiro atoms. The van der Waals surface area contributed by atoms with E-state index in [1.165, 1.54) is 22.7 Å². The number of nitrogens with zero attached hydrogens (tertiary/aromatic N) is 2. The second kappa shape index (κ2) is 10.3. The minimum atomic E-state index is -3.39. The summed E-state index contributed by atoms with van der Waals surface area (Å²) in [6.07, 6.45) is 1.10. The summed E-state index contributed by atoms with van der Waals surface area (Å²) in [6.45, 7) is 1.34. The molecule has 27 heavy (non-hydrogen) atoms.